The van der Waals surface area contributed by atoms with Crippen LogP contribution in [-0.2, 0) is 25.7 Å². The lowest BCUT2D eigenvalue weighted by atomic mass is 10.1. The van der Waals surface area contributed by atoms with Crippen LogP contribution in [0.2, 0.25) is 0 Å². The molecule has 2 aliphatic carbocycles. The Morgan fingerprint density at radius 3 is 1.64 bits per heavy atom. The first-order valence-corrected chi connectivity index (χ1v) is 7.91. The standard InChI is InChI=1S/C19H18O3/c20-19(21-17-9-7-13-3-1-5-15(13)11-17)22-18-10-8-14-4-2-6-16(14)12-18/h7-12H,1-6H2. The molecular weight excluding hydrogens is 276 g/mol. The van der Waals surface area contributed by atoms with Gasteiger partial charge in [-0.25, -0.2) is 4.79 Å². The Bertz CT molecular complexity index is 672. The Morgan fingerprint density at radius 2 is 1.14 bits per heavy atom. The number of benzene rings is 2. The normalized spacial score (nSPS) is 15.3. The molecule has 2 aromatic rings. The van der Waals surface area contributed by atoms with Crippen molar-refractivity contribution in [3.05, 3.63) is 58.7 Å². The average molecular weight is 294 g/mol. The van der Waals surface area contributed by atoms with Gasteiger partial charge in [0.2, 0.25) is 0 Å². The van der Waals surface area contributed by atoms with Crippen molar-refractivity contribution < 1.29 is 14.3 Å². The minimum Gasteiger partial charge on any atom is -0.395 e. The molecule has 3 nitrogen and oxygen atoms in total. The summed E-state index contributed by atoms with van der Waals surface area (Å²) in [5.74, 6) is 1.12. The fourth-order valence-corrected chi connectivity index (χ4v) is 3.44. The smallest absolute Gasteiger partial charge is 0.395 e. The van der Waals surface area contributed by atoms with E-state index in [0.717, 1.165) is 25.7 Å². The van der Waals surface area contributed by atoms with Crippen molar-refractivity contribution >= 4 is 6.16 Å². The molecule has 0 fully saturated rings. The van der Waals surface area contributed by atoms with Crippen LogP contribution < -0.4 is 9.47 Å². The molecule has 2 aromatic carbocycles. The van der Waals surface area contributed by atoms with Crippen molar-refractivity contribution in [3.8, 4) is 11.5 Å². The van der Waals surface area contributed by atoms with E-state index in [1.54, 1.807) is 0 Å². The van der Waals surface area contributed by atoms with Gasteiger partial charge in [0.1, 0.15) is 11.5 Å². The highest BCUT2D eigenvalue weighted by molar-refractivity contribution is 5.67. The van der Waals surface area contributed by atoms with Gasteiger partial charge in [-0.3, -0.25) is 0 Å². The minimum atomic E-state index is -0.670. The molecule has 2 aliphatic rings. The van der Waals surface area contributed by atoms with E-state index in [1.807, 2.05) is 36.4 Å². The molecule has 0 saturated heterocycles. The van der Waals surface area contributed by atoms with Crippen LogP contribution in [0.25, 0.3) is 0 Å². The summed E-state index contributed by atoms with van der Waals surface area (Å²) in [7, 11) is 0. The van der Waals surface area contributed by atoms with Gasteiger partial charge in [-0.1, -0.05) is 12.1 Å². The molecule has 0 amide bonds. The van der Waals surface area contributed by atoms with E-state index in [9.17, 15) is 4.79 Å². The maximum atomic E-state index is 11.9. The topological polar surface area (TPSA) is 35.5 Å². The number of rotatable bonds is 2. The van der Waals surface area contributed by atoms with Gasteiger partial charge in [-0.2, -0.15) is 0 Å². The number of ether oxygens (including phenoxy) is 2. The second-order valence-corrected chi connectivity index (χ2v) is 6.02. The summed E-state index contributed by atoms with van der Waals surface area (Å²) in [5.41, 5.74) is 5.28. The highest BCUT2D eigenvalue weighted by atomic mass is 16.7. The maximum Gasteiger partial charge on any atom is 0.519 e. The fourth-order valence-electron chi connectivity index (χ4n) is 3.44. The zero-order chi connectivity index (χ0) is 14.9. The number of aryl methyl sites for hydroxylation is 4. The van der Waals surface area contributed by atoms with Crippen LogP contribution in [0.4, 0.5) is 4.79 Å². The molecule has 22 heavy (non-hydrogen) atoms. The van der Waals surface area contributed by atoms with Crippen molar-refractivity contribution in [3.63, 3.8) is 0 Å². The Labute approximate surface area is 129 Å². The number of carbonyl (C=O) groups is 1. The molecule has 0 aliphatic heterocycles. The summed E-state index contributed by atoms with van der Waals surface area (Å²) >= 11 is 0. The van der Waals surface area contributed by atoms with E-state index in [2.05, 4.69) is 0 Å². The van der Waals surface area contributed by atoms with Gasteiger partial charge in [0.05, 0.1) is 0 Å². The Balaban J connectivity index is 1.44. The van der Waals surface area contributed by atoms with Crippen LogP contribution in [-0.4, -0.2) is 6.16 Å². The van der Waals surface area contributed by atoms with Gasteiger partial charge in [0.15, 0.2) is 0 Å². The van der Waals surface area contributed by atoms with Gasteiger partial charge >= 0.3 is 6.16 Å². The van der Waals surface area contributed by atoms with E-state index in [1.165, 1.54) is 35.1 Å². The Kier molecular flexibility index (Phi) is 3.34. The summed E-state index contributed by atoms with van der Waals surface area (Å²) in [4.78, 5) is 11.9. The fraction of sp³-hybridized carbons (Fsp3) is 0.316. The second-order valence-electron chi connectivity index (χ2n) is 6.02. The van der Waals surface area contributed by atoms with Gasteiger partial charge in [-0.05, 0) is 85.0 Å². The van der Waals surface area contributed by atoms with Crippen LogP contribution in [0.1, 0.15) is 35.1 Å². The van der Waals surface area contributed by atoms with E-state index in [4.69, 9.17) is 9.47 Å². The number of fused-ring (bicyclic) bond motifs is 2. The molecule has 0 N–H and O–H groups in total. The van der Waals surface area contributed by atoms with Gasteiger partial charge in [0, 0.05) is 0 Å². The average Bonchev–Trinajstić information content (AvgIpc) is 3.14. The summed E-state index contributed by atoms with van der Waals surface area (Å²) in [5, 5.41) is 0. The van der Waals surface area contributed by atoms with Crippen molar-refractivity contribution in [2.75, 3.05) is 0 Å². The molecule has 112 valence electrons. The highest BCUT2D eigenvalue weighted by Crippen LogP contribution is 2.28. The van der Waals surface area contributed by atoms with Gasteiger partial charge in [0.25, 0.3) is 0 Å². The maximum absolute atomic E-state index is 11.9. The van der Waals surface area contributed by atoms with E-state index >= 15 is 0 Å². The molecule has 3 heteroatoms. The van der Waals surface area contributed by atoms with Crippen LogP contribution in [0.15, 0.2) is 36.4 Å². The van der Waals surface area contributed by atoms with Crippen molar-refractivity contribution in [1.82, 2.24) is 0 Å². The van der Waals surface area contributed by atoms with Crippen LogP contribution in [0, 0.1) is 0 Å². The number of hydrogen-bond acceptors (Lipinski definition) is 3. The largest absolute Gasteiger partial charge is 0.519 e. The monoisotopic (exact) mass is 294 g/mol. The number of hydrogen-bond donors (Lipinski definition) is 0. The van der Waals surface area contributed by atoms with Gasteiger partial charge in [-0.15, -0.1) is 0 Å². The van der Waals surface area contributed by atoms with Crippen LogP contribution in [0.3, 0.4) is 0 Å². The Morgan fingerprint density at radius 1 is 0.682 bits per heavy atom. The molecule has 0 aromatic heterocycles. The van der Waals surface area contributed by atoms with Crippen molar-refractivity contribution in [1.29, 1.82) is 0 Å². The van der Waals surface area contributed by atoms with Crippen LogP contribution >= 0.6 is 0 Å². The lowest BCUT2D eigenvalue weighted by Crippen LogP contribution is -2.14. The molecule has 0 unspecified atom stereocenters. The zero-order valence-corrected chi connectivity index (χ0v) is 12.4. The molecule has 0 spiro atoms. The van der Waals surface area contributed by atoms with E-state index in [0.29, 0.717) is 11.5 Å². The van der Waals surface area contributed by atoms with E-state index < -0.39 is 6.16 Å². The summed E-state index contributed by atoms with van der Waals surface area (Å²) in [6.45, 7) is 0. The molecule has 0 atom stereocenters. The van der Waals surface area contributed by atoms with Crippen LogP contribution in [0.5, 0.6) is 11.5 Å². The third-order valence-electron chi connectivity index (χ3n) is 4.54. The highest BCUT2D eigenvalue weighted by Gasteiger charge is 2.15. The second kappa shape index (κ2) is 5.48. The molecule has 4 rings (SSSR count). The predicted octanol–water partition coefficient (Wildman–Crippen LogP) is 4.24. The summed E-state index contributed by atoms with van der Waals surface area (Å²) < 4.78 is 10.6. The third kappa shape index (κ3) is 2.59. The first kappa shape index (κ1) is 13.4. The molecule has 0 radical (unpaired) electrons. The third-order valence-corrected chi connectivity index (χ3v) is 4.54. The Hall–Kier alpha value is -2.29. The molecule has 0 saturated carbocycles. The molecular formula is C19H18O3. The first-order chi connectivity index (χ1) is 10.8. The summed E-state index contributed by atoms with van der Waals surface area (Å²) in [6.07, 6.45) is 6.05. The summed E-state index contributed by atoms with van der Waals surface area (Å²) in [6, 6.07) is 11.7. The van der Waals surface area contributed by atoms with Crippen molar-refractivity contribution in [2.45, 2.75) is 38.5 Å². The number of carbonyl (C=O) groups excluding carboxylic acids is 1. The van der Waals surface area contributed by atoms with E-state index in [-0.39, 0.29) is 0 Å². The van der Waals surface area contributed by atoms with Gasteiger partial charge < -0.3 is 9.47 Å². The first-order valence-electron chi connectivity index (χ1n) is 7.91. The minimum absolute atomic E-state index is 0.562. The molecule has 0 heterocycles. The SMILES string of the molecule is O=C(Oc1ccc2c(c1)CCC2)Oc1ccc2c(c1)CCC2. The lowest BCUT2D eigenvalue weighted by molar-refractivity contribution is 0.152. The zero-order valence-electron chi connectivity index (χ0n) is 12.4. The quantitative estimate of drug-likeness (QED) is 0.614. The molecule has 0 bridgehead atoms. The van der Waals surface area contributed by atoms with Crippen molar-refractivity contribution in [2.24, 2.45) is 0 Å². The lowest BCUT2D eigenvalue weighted by Gasteiger charge is -2.08. The predicted molar refractivity (Wildman–Crippen MR) is 83.6 cm³/mol.